The smallest absolute Gasteiger partial charge is 0.416 e. The number of hydrogen-bond acceptors (Lipinski definition) is 3. The highest BCUT2D eigenvalue weighted by Crippen LogP contribution is 2.29. The molecule has 0 saturated carbocycles. The van der Waals surface area contributed by atoms with E-state index in [0.717, 1.165) is 12.1 Å². The summed E-state index contributed by atoms with van der Waals surface area (Å²) in [6.45, 7) is 4.95. The van der Waals surface area contributed by atoms with Gasteiger partial charge in [0.25, 0.3) is 0 Å². The van der Waals surface area contributed by atoms with E-state index in [1.807, 2.05) is 0 Å². The molecule has 0 bridgehead atoms. The number of rotatable bonds is 2. The summed E-state index contributed by atoms with van der Waals surface area (Å²) in [5, 5.41) is 8.94. The molecule has 3 nitrogen and oxygen atoms in total. The molecule has 0 radical (unpaired) electrons. The van der Waals surface area contributed by atoms with E-state index in [9.17, 15) is 18.0 Å². The number of carbonyl (C=O) groups is 1. The van der Waals surface area contributed by atoms with Crippen molar-refractivity contribution in [2.45, 2.75) is 32.5 Å². The van der Waals surface area contributed by atoms with Gasteiger partial charge in [0.05, 0.1) is 5.56 Å². The molecule has 0 atom stereocenters. The van der Waals surface area contributed by atoms with Gasteiger partial charge in [-0.3, -0.25) is 0 Å². The Labute approximate surface area is 120 Å². The van der Waals surface area contributed by atoms with Gasteiger partial charge in [0.1, 0.15) is 17.2 Å². The molecule has 21 heavy (non-hydrogen) atoms. The molecule has 0 heterocycles. The quantitative estimate of drug-likeness (QED) is 0.472. The Hall–Kier alpha value is -2.29. The maximum Gasteiger partial charge on any atom is 0.416 e. The normalized spacial score (nSPS) is 12.7. The van der Waals surface area contributed by atoms with E-state index in [1.165, 1.54) is 18.2 Å². The number of nitriles is 1. The summed E-state index contributed by atoms with van der Waals surface area (Å²) >= 11 is 0. The van der Waals surface area contributed by atoms with Crippen molar-refractivity contribution in [1.29, 1.82) is 5.26 Å². The Morgan fingerprint density at radius 3 is 2.10 bits per heavy atom. The Bertz CT molecular complexity index is 587. The van der Waals surface area contributed by atoms with Crippen LogP contribution in [0.4, 0.5) is 13.2 Å². The highest BCUT2D eigenvalue weighted by molar-refractivity contribution is 5.98. The maximum absolute atomic E-state index is 12.4. The average Bonchev–Trinajstić information content (AvgIpc) is 2.33. The molecule has 1 aromatic rings. The lowest BCUT2D eigenvalue weighted by Gasteiger charge is -2.18. The zero-order valence-corrected chi connectivity index (χ0v) is 11.8. The first-order chi connectivity index (χ1) is 9.53. The molecular weight excluding hydrogens is 283 g/mol. The molecule has 0 fully saturated rings. The molecule has 0 saturated heterocycles. The van der Waals surface area contributed by atoms with Crippen LogP contribution in [-0.2, 0) is 15.7 Å². The number of halogens is 3. The minimum Gasteiger partial charge on any atom is -0.456 e. The van der Waals surface area contributed by atoms with Gasteiger partial charge >= 0.3 is 12.1 Å². The molecule has 0 aliphatic heterocycles. The molecule has 0 amide bonds. The van der Waals surface area contributed by atoms with Crippen molar-refractivity contribution in [2.75, 3.05) is 0 Å². The Morgan fingerprint density at radius 2 is 1.71 bits per heavy atom. The van der Waals surface area contributed by atoms with Gasteiger partial charge in [0.15, 0.2) is 0 Å². The second kappa shape index (κ2) is 6.00. The number of esters is 1. The van der Waals surface area contributed by atoms with Crippen LogP contribution < -0.4 is 0 Å². The number of ether oxygens (including phenoxy) is 1. The van der Waals surface area contributed by atoms with Crippen LogP contribution in [-0.4, -0.2) is 11.6 Å². The number of benzene rings is 1. The summed E-state index contributed by atoms with van der Waals surface area (Å²) in [5.41, 5.74) is -1.52. The fraction of sp³-hybridized carbons (Fsp3) is 0.333. The second-order valence-corrected chi connectivity index (χ2v) is 5.29. The van der Waals surface area contributed by atoms with Gasteiger partial charge in [0.2, 0.25) is 0 Å². The molecule has 1 aromatic carbocycles. The van der Waals surface area contributed by atoms with E-state index in [1.54, 1.807) is 26.8 Å². The lowest BCUT2D eigenvalue weighted by atomic mass is 10.1. The molecule has 6 heteroatoms. The van der Waals surface area contributed by atoms with Crippen LogP contribution in [0.25, 0.3) is 6.08 Å². The fourth-order valence-corrected chi connectivity index (χ4v) is 1.40. The van der Waals surface area contributed by atoms with Crippen molar-refractivity contribution in [3.63, 3.8) is 0 Å². The molecule has 112 valence electrons. The van der Waals surface area contributed by atoms with Crippen LogP contribution in [0.5, 0.6) is 0 Å². The minimum atomic E-state index is -4.43. The van der Waals surface area contributed by atoms with Gasteiger partial charge in [-0.25, -0.2) is 4.79 Å². The van der Waals surface area contributed by atoms with E-state index in [0.29, 0.717) is 5.56 Å². The van der Waals surface area contributed by atoms with Crippen LogP contribution >= 0.6 is 0 Å². The third-order valence-corrected chi connectivity index (χ3v) is 2.29. The molecule has 0 aromatic heterocycles. The monoisotopic (exact) mass is 297 g/mol. The number of alkyl halides is 3. The molecule has 0 aliphatic carbocycles. The summed E-state index contributed by atoms with van der Waals surface area (Å²) in [6.07, 6.45) is -3.24. The predicted molar refractivity (Wildman–Crippen MR) is 70.9 cm³/mol. The summed E-state index contributed by atoms with van der Waals surface area (Å²) in [4.78, 5) is 11.7. The topological polar surface area (TPSA) is 50.1 Å². The van der Waals surface area contributed by atoms with Crippen LogP contribution in [0.2, 0.25) is 0 Å². The highest BCUT2D eigenvalue weighted by atomic mass is 19.4. The third kappa shape index (κ3) is 5.30. The van der Waals surface area contributed by atoms with Crippen molar-refractivity contribution < 1.29 is 22.7 Å². The van der Waals surface area contributed by atoms with E-state index < -0.39 is 23.3 Å². The largest absolute Gasteiger partial charge is 0.456 e. The molecule has 1 rings (SSSR count). The zero-order valence-electron chi connectivity index (χ0n) is 11.8. The van der Waals surface area contributed by atoms with Gasteiger partial charge in [-0.2, -0.15) is 18.4 Å². The van der Waals surface area contributed by atoms with Crippen LogP contribution in [0.1, 0.15) is 31.9 Å². The van der Waals surface area contributed by atoms with E-state index in [4.69, 9.17) is 10.00 Å². The Morgan fingerprint density at radius 1 is 1.19 bits per heavy atom. The van der Waals surface area contributed by atoms with Crippen molar-refractivity contribution >= 4 is 12.0 Å². The maximum atomic E-state index is 12.4. The number of carbonyl (C=O) groups excluding carboxylic acids is 1. The lowest BCUT2D eigenvalue weighted by molar-refractivity contribution is -0.149. The average molecular weight is 297 g/mol. The second-order valence-electron chi connectivity index (χ2n) is 5.29. The summed E-state index contributed by atoms with van der Waals surface area (Å²) in [5.74, 6) is -0.815. The van der Waals surface area contributed by atoms with Crippen LogP contribution in [0, 0.1) is 11.3 Å². The zero-order chi connectivity index (χ0) is 16.3. The highest BCUT2D eigenvalue weighted by Gasteiger charge is 2.29. The number of nitrogens with zero attached hydrogens (tertiary/aromatic N) is 1. The van der Waals surface area contributed by atoms with E-state index >= 15 is 0 Å². The van der Waals surface area contributed by atoms with Crippen LogP contribution in [0.15, 0.2) is 29.8 Å². The van der Waals surface area contributed by atoms with Crippen molar-refractivity contribution in [3.8, 4) is 6.07 Å². The molecule has 0 spiro atoms. The van der Waals surface area contributed by atoms with Gasteiger partial charge in [-0.05, 0) is 44.5 Å². The number of hydrogen-bond donors (Lipinski definition) is 0. The van der Waals surface area contributed by atoms with Crippen LogP contribution in [0.3, 0.4) is 0 Å². The first-order valence-corrected chi connectivity index (χ1v) is 6.05. The summed E-state index contributed by atoms with van der Waals surface area (Å²) in [6, 6.07) is 5.82. The Balaban J connectivity index is 3.00. The van der Waals surface area contributed by atoms with Gasteiger partial charge in [-0.1, -0.05) is 12.1 Å². The first kappa shape index (κ1) is 16.8. The predicted octanol–water partition coefficient (Wildman–Crippen LogP) is 3.95. The van der Waals surface area contributed by atoms with Crippen molar-refractivity contribution in [3.05, 3.63) is 41.0 Å². The summed E-state index contributed by atoms with van der Waals surface area (Å²) in [7, 11) is 0. The molecule has 0 N–H and O–H groups in total. The fourth-order valence-electron chi connectivity index (χ4n) is 1.40. The lowest BCUT2D eigenvalue weighted by Crippen LogP contribution is -2.24. The van der Waals surface area contributed by atoms with Gasteiger partial charge in [0, 0.05) is 0 Å². The van der Waals surface area contributed by atoms with Crippen molar-refractivity contribution in [1.82, 2.24) is 0 Å². The SMILES string of the molecule is CC(C)(C)OC(=O)/C(C#N)=C\c1ccc(C(F)(F)F)cc1. The molecule has 0 aliphatic rings. The Kier molecular flexibility index (Phi) is 4.79. The molecule has 0 unspecified atom stereocenters. The van der Waals surface area contributed by atoms with Crippen molar-refractivity contribution in [2.24, 2.45) is 0 Å². The standard InChI is InChI=1S/C15H14F3NO2/c1-14(2,3)21-13(20)11(9-19)8-10-4-6-12(7-5-10)15(16,17)18/h4-8H,1-3H3/b11-8-. The molecular formula is C15H14F3NO2. The van der Waals surface area contributed by atoms with Gasteiger partial charge in [-0.15, -0.1) is 0 Å². The van der Waals surface area contributed by atoms with E-state index in [-0.39, 0.29) is 5.57 Å². The minimum absolute atomic E-state index is 0.273. The van der Waals surface area contributed by atoms with Gasteiger partial charge < -0.3 is 4.74 Å². The summed E-state index contributed by atoms with van der Waals surface area (Å²) < 4.78 is 42.3. The third-order valence-electron chi connectivity index (χ3n) is 2.29. The first-order valence-electron chi connectivity index (χ1n) is 6.05. The van der Waals surface area contributed by atoms with E-state index in [2.05, 4.69) is 0 Å².